The van der Waals surface area contributed by atoms with Gasteiger partial charge in [-0.2, -0.15) is 0 Å². The fourth-order valence-corrected chi connectivity index (χ4v) is 0.361. The summed E-state index contributed by atoms with van der Waals surface area (Å²) >= 11 is 0. The molecule has 3 nitrogen and oxygen atoms in total. The second-order valence-electron chi connectivity index (χ2n) is 2.11. The molecule has 10 heavy (non-hydrogen) atoms. The third-order valence-corrected chi connectivity index (χ3v) is 1.13. The molecule has 0 unspecified atom stereocenters. The summed E-state index contributed by atoms with van der Waals surface area (Å²) in [6.07, 6.45) is 0.667. The number of rotatable bonds is 1. The Kier molecular flexibility index (Phi) is 6.43. The van der Waals surface area contributed by atoms with E-state index in [9.17, 15) is 4.79 Å². The fraction of sp³-hybridized carbons (Fsp3) is 0.857. The monoisotopic (exact) mass is 145 g/mol. The van der Waals surface area contributed by atoms with Crippen LogP contribution in [0.2, 0.25) is 0 Å². The predicted octanol–water partition coefficient (Wildman–Crippen LogP) is 0.549. The first-order valence-corrected chi connectivity index (χ1v) is 3.55. The minimum atomic E-state index is 0.255. The molecule has 1 rings (SSSR count). The highest BCUT2D eigenvalue weighted by Gasteiger charge is 1.92. The van der Waals surface area contributed by atoms with Crippen LogP contribution in [0, 0.1) is 0 Å². The topological polar surface area (TPSA) is 38.3 Å². The molecule has 0 aromatic rings. The number of ketones is 1. The predicted molar refractivity (Wildman–Crippen MR) is 39.8 cm³/mol. The number of carbonyl (C=O) groups excluding carboxylic acids is 1. The van der Waals surface area contributed by atoms with Crippen LogP contribution in [0.15, 0.2) is 0 Å². The van der Waals surface area contributed by atoms with Crippen LogP contribution >= 0.6 is 0 Å². The van der Waals surface area contributed by atoms with Crippen LogP contribution in [0.4, 0.5) is 0 Å². The molecule has 0 radical (unpaired) electrons. The molecule has 1 heterocycles. The van der Waals surface area contributed by atoms with Crippen LogP contribution < -0.4 is 5.32 Å². The molecule has 0 bridgehead atoms. The van der Waals surface area contributed by atoms with E-state index in [1.54, 1.807) is 6.92 Å². The SMILES string of the molecule is C1COCN1.CCC(C)=O. The van der Waals surface area contributed by atoms with Crippen molar-refractivity contribution in [3.63, 3.8) is 0 Å². The molecule has 1 fully saturated rings. The zero-order chi connectivity index (χ0) is 7.82. The van der Waals surface area contributed by atoms with Crippen LogP contribution in [0.5, 0.6) is 0 Å². The van der Waals surface area contributed by atoms with Crippen molar-refractivity contribution in [3.8, 4) is 0 Å². The van der Waals surface area contributed by atoms with Crippen molar-refractivity contribution < 1.29 is 9.53 Å². The van der Waals surface area contributed by atoms with Crippen molar-refractivity contribution in [2.75, 3.05) is 19.9 Å². The van der Waals surface area contributed by atoms with Crippen molar-refractivity contribution in [1.82, 2.24) is 5.32 Å². The Morgan fingerprint density at radius 3 is 2.40 bits per heavy atom. The molecule has 60 valence electrons. The van der Waals surface area contributed by atoms with Gasteiger partial charge in [0.15, 0.2) is 0 Å². The Morgan fingerprint density at radius 2 is 2.30 bits per heavy atom. The van der Waals surface area contributed by atoms with Crippen molar-refractivity contribution in [3.05, 3.63) is 0 Å². The second-order valence-corrected chi connectivity index (χ2v) is 2.11. The molecule has 3 heteroatoms. The van der Waals surface area contributed by atoms with Crippen LogP contribution in [-0.4, -0.2) is 25.7 Å². The minimum absolute atomic E-state index is 0.255. The number of Topliss-reactive ketones (excluding diaryl/α,β-unsaturated/α-hetero) is 1. The van der Waals surface area contributed by atoms with E-state index in [0.717, 1.165) is 19.9 Å². The largest absolute Gasteiger partial charge is 0.365 e. The molecule has 0 spiro atoms. The molecular weight excluding hydrogens is 130 g/mol. The van der Waals surface area contributed by atoms with Gasteiger partial charge in [-0.3, -0.25) is 5.32 Å². The molecule has 0 aliphatic carbocycles. The van der Waals surface area contributed by atoms with Crippen molar-refractivity contribution in [2.45, 2.75) is 20.3 Å². The van der Waals surface area contributed by atoms with Gasteiger partial charge in [-0.15, -0.1) is 0 Å². The Hall–Kier alpha value is -0.410. The summed E-state index contributed by atoms with van der Waals surface area (Å²) in [6.45, 7) is 6.10. The number of ether oxygens (including phenoxy) is 1. The Morgan fingerprint density at radius 1 is 1.70 bits per heavy atom. The van der Waals surface area contributed by atoms with Gasteiger partial charge >= 0.3 is 0 Å². The standard InChI is InChI=1S/C4H8O.C3H7NO/c1-3-4(2)5;1-2-5-3-4-1/h3H2,1-2H3;4H,1-3H2. The third kappa shape index (κ3) is 7.59. The lowest BCUT2D eigenvalue weighted by atomic mass is 10.4. The molecule has 0 saturated carbocycles. The van der Waals surface area contributed by atoms with Crippen molar-refractivity contribution in [1.29, 1.82) is 0 Å². The molecule has 1 saturated heterocycles. The molecule has 0 atom stereocenters. The average Bonchev–Trinajstić information content (AvgIpc) is 2.43. The number of hydrogen-bond donors (Lipinski definition) is 1. The van der Waals surface area contributed by atoms with E-state index >= 15 is 0 Å². The maximum atomic E-state index is 9.81. The summed E-state index contributed by atoms with van der Waals surface area (Å²) < 4.78 is 4.83. The smallest absolute Gasteiger partial charge is 0.129 e. The van der Waals surface area contributed by atoms with Crippen molar-refractivity contribution in [2.24, 2.45) is 0 Å². The van der Waals surface area contributed by atoms with Gasteiger partial charge in [0.25, 0.3) is 0 Å². The van der Waals surface area contributed by atoms with Crippen LogP contribution in [-0.2, 0) is 9.53 Å². The second kappa shape index (κ2) is 6.71. The van der Waals surface area contributed by atoms with Gasteiger partial charge in [0.1, 0.15) is 5.78 Å². The van der Waals surface area contributed by atoms with E-state index in [1.165, 1.54) is 0 Å². The highest BCUT2D eigenvalue weighted by molar-refractivity contribution is 5.74. The van der Waals surface area contributed by atoms with E-state index < -0.39 is 0 Å². The number of hydrogen-bond acceptors (Lipinski definition) is 3. The zero-order valence-corrected chi connectivity index (χ0v) is 6.64. The first-order valence-electron chi connectivity index (χ1n) is 3.55. The van der Waals surface area contributed by atoms with E-state index in [0.29, 0.717) is 6.42 Å². The number of nitrogens with one attached hydrogen (secondary N) is 1. The van der Waals surface area contributed by atoms with E-state index in [1.807, 2.05) is 6.92 Å². The van der Waals surface area contributed by atoms with Gasteiger partial charge in [-0.25, -0.2) is 0 Å². The summed E-state index contributed by atoms with van der Waals surface area (Å²) in [7, 11) is 0. The van der Waals surface area contributed by atoms with E-state index in [-0.39, 0.29) is 5.78 Å². The highest BCUT2D eigenvalue weighted by Crippen LogP contribution is 1.75. The normalized spacial score (nSPS) is 15.8. The van der Waals surface area contributed by atoms with Gasteiger partial charge in [0.05, 0.1) is 13.3 Å². The quantitative estimate of drug-likeness (QED) is 0.585. The van der Waals surface area contributed by atoms with Gasteiger partial charge in [-0.1, -0.05) is 6.92 Å². The van der Waals surface area contributed by atoms with E-state index in [4.69, 9.17) is 4.74 Å². The molecule has 0 aromatic heterocycles. The number of carbonyl (C=O) groups is 1. The lowest BCUT2D eigenvalue weighted by Crippen LogP contribution is -2.05. The molecule has 1 aliphatic heterocycles. The Bertz CT molecular complexity index is 82.0. The van der Waals surface area contributed by atoms with Crippen LogP contribution in [0.3, 0.4) is 0 Å². The maximum absolute atomic E-state index is 9.81. The fourth-order valence-electron chi connectivity index (χ4n) is 0.361. The molecule has 1 aliphatic rings. The first-order chi connectivity index (χ1) is 4.77. The Balaban J connectivity index is 0.000000162. The van der Waals surface area contributed by atoms with Gasteiger partial charge in [-0.05, 0) is 6.92 Å². The average molecular weight is 145 g/mol. The molecule has 0 amide bonds. The van der Waals surface area contributed by atoms with Gasteiger partial charge in [0, 0.05) is 13.0 Å². The zero-order valence-electron chi connectivity index (χ0n) is 6.64. The minimum Gasteiger partial charge on any atom is -0.365 e. The van der Waals surface area contributed by atoms with Crippen molar-refractivity contribution >= 4 is 5.78 Å². The van der Waals surface area contributed by atoms with E-state index in [2.05, 4.69) is 5.32 Å². The van der Waals surface area contributed by atoms with Crippen LogP contribution in [0.1, 0.15) is 20.3 Å². The molecule has 1 N–H and O–H groups in total. The maximum Gasteiger partial charge on any atom is 0.129 e. The summed E-state index contributed by atoms with van der Waals surface area (Å²) in [6, 6.07) is 0. The summed E-state index contributed by atoms with van der Waals surface area (Å²) in [5, 5.41) is 3.00. The third-order valence-electron chi connectivity index (χ3n) is 1.13. The summed E-state index contributed by atoms with van der Waals surface area (Å²) in [5.41, 5.74) is 0. The first kappa shape index (κ1) is 9.59. The van der Waals surface area contributed by atoms with Gasteiger partial charge < -0.3 is 9.53 Å². The molecular formula is C7H15NO2. The van der Waals surface area contributed by atoms with Crippen LogP contribution in [0.25, 0.3) is 0 Å². The van der Waals surface area contributed by atoms with Gasteiger partial charge in [0.2, 0.25) is 0 Å². The summed E-state index contributed by atoms with van der Waals surface area (Å²) in [4.78, 5) is 9.81. The molecule has 0 aromatic carbocycles. The summed E-state index contributed by atoms with van der Waals surface area (Å²) in [5.74, 6) is 0.255. The highest BCUT2D eigenvalue weighted by atomic mass is 16.5. The lowest BCUT2D eigenvalue weighted by molar-refractivity contribution is -0.116. The Labute approximate surface area is 61.8 Å². The lowest BCUT2D eigenvalue weighted by Gasteiger charge is -1.76.